The fourth-order valence-electron chi connectivity index (χ4n) is 6.01. The summed E-state index contributed by atoms with van der Waals surface area (Å²) in [5.74, 6) is 0.506. The smallest absolute Gasteiger partial charge is 0.264 e. The first-order valence-corrected chi connectivity index (χ1v) is 16.0. The van der Waals surface area contributed by atoms with Crippen molar-refractivity contribution in [2.45, 2.75) is 82.8 Å². The number of carbonyl (C=O) groups is 1. The van der Waals surface area contributed by atoms with E-state index in [1.165, 1.54) is 21.0 Å². The lowest BCUT2D eigenvalue weighted by Crippen LogP contribution is -2.46. The Labute approximate surface area is 239 Å². The molecule has 2 N–H and O–H groups in total. The van der Waals surface area contributed by atoms with Crippen molar-refractivity contribution < 1.29 is 13.2 Å². The Kier molecular flexibility index (Phi) is 8.62. The van der Waals surface area contributed by atoms with E-state index in [1.807, 2.05) is 43.3 Å². The molecule has 1 heterocycles. The lowest BCUT2D eigenvalue weighted by molar-refractivity contribution is -0.122. The first-order chi connectivity index (χ1) is 19.2. The average molecular weight is 560 g/mol. The summed E-state index contributed by atoms with van der Waals surface area (Å²) in [4.78, 5) is 13.7. The molecular formula is C33H41N3O3S. The number of nitrogens with one attached hydrogen (secondary N) is 2. The van der Waals surface area contributed by atoms with Crippen molar-refractivity contribution in [2.24, 2.45) is 5.92 Å². The Morgan fingerprint density at radius 2 is 1.75 bits per heavy atom. The number of aryl methyl sites for hydroxylation is 3. The lowest BCUT2D eigenvalue weighted by atomic mass is 9.86. The molecule has 1 aliphatic carbocycles. The molecule has 2 atom stereocenters. The van der Waals surface area contributed by atoms with E-state index < -0.39 is 16.1 Å². The van der Waals surface area contributed by atoms with Crippen LogP contribution in [0.15, 0.2) is 71.6 Å². The minimum atomic E-state index is -3.84. The monoisotopic (exact) mass is 559 g/mol. The molecule has 7 heteroatoms. The molecule has 0 saturated heterocycles. The molecule has 0 aromatic heterocycles. The fraction of sp³-hybridized carbons (Fsp3) is 0.424. The van der Waals surface area contributed by atoms with Crippen molar-refractivity contribution in [3.8, 4) is 0 Å². The molecule has 0 spiro atoms. The van der Waals surface area contributed by atoms with Gasteiger partial charge in [-0.2, -0.15) is 0 Å². The highest BCUT2D eigenvalue weighted by molar-refractivity contribution is 7.92. The molecule has 0 saturated carbocycles. The molecule has 0 bridgehead atoms. The first-order valence-electron chi connectivity index (χ1n) is 14.5. The van der Waals surface area contributed by atoms with Crippen molar-refractivity contribution in [2.75, 3.05) is 10.8 Å². The number of benzene rings is 3. The number of anilines is 1. The van der Waals surface area contributed by atoms with Crippen LogP contribution < -0.4 is 14.9 Å². The van der Waals surface area contributed by atoms with E-state index in [0.29, 0.717) is 18.0 Å². The molecule has 40 heavy (non-hydrogen) atoms. The minimum Gasteiger partial charge on any atom is -0.349 e. The predicted octanol–water partition coefficient (Wildman–Crippen LogP) is 5.83. The summed E-state index contributed by atoms with van der Waals surface area (Å²) >= 11 is 0. The molecule has 3 aromatic carbocycles. The molecule has 1 aliphatic heterocycles. The molecule has 1 amide bonds. The molecule has 212 valence electrons. The lowest BCUT2D eigenvalue weighted by Gasteiger charge is -2.38. The van der Waals surface area contributed by atoms with Gasteiger partial charge in [-0.05, 0) is 91.9 Å². The highest BCUT2D eigenvalue weighted by Crippen LogP contribution is 2.37. The second-order valence-corrected chi connectivity index (χ2v) is 13.5. The molecule has 0 fully saturated rings. The van der Waals surface area contributed by atoms with Gasteiger partial charge in [-0.1, -0.05) is 67.9 Å². The SMILES string of the molecule is Cc1ccc(S(=O)(=O)N2c3ccccc3CC[C@@H]2CC(=O)N[C@@H]2CCCc3cc(CNCC(C)C)ccc32)cc1. The summed E-state index contributed by atoms with van der Waals surface area (Å²) in [7, 11) is -3.84. The maximum atomic E-state index is 13.9. The second kappa shape index (κ2) is 12.1. The average Bonchev–Trinajstić information content (AvgIpc) is 2.93. The second-order valence-electron chi connectivity index (χ2n) is 11.7. The molecule has 2 aliphatic rings. The maximum Gasteiger partial charge on any atom is 0.264 e. The van der Waals surface area contributed by atoms with Crippen LogP contribution in [0.5, 0.6) is 0 Å². The van der Waals surface area contributed by atoms with Gasteiger partial charge in [0.2, 0.25) is 5.91 Å². The molecule has 6 nitrogen and oxygen atoms in total. The van der Waals surface area contributed by atoms with E-state index in [9.17, 15) is 13.2 Å². The van der Waals surface area contributed by atoms with E-state index in [0.717, 1.165) is 49.9 Å². The first kappa shape index (κ1) is 28.4. The van der Waals surface area contributed by atoms with Crippen LogP contribution in [-0.4, -0.2) is 26.9 Å². The van der Waals surface area contributed by atoms with Gasteiger partial charge in [0.1, 0.15) is 0 Å². The summed E-state index contributed by atoms with van der Waals surface area (Å²) < 4.78 is 29.4. The van der Waals surface area contributed by atoms with Crippen molar-refractivity contribution >= 4 is 21.6 Å². The predicted molar refractivity (Wildman–Crippen MR) is 161 cm³/mol. The largest absolute Gasteiger partial charge is 0.349 e. The Balaban J connectivity index is 1.33. The van der Waals surface area contributed by atoms with E-state index >= 15 is 0 Å². The number of nitrogens with zero attached hydrogens (tertiary/aromatic N) is 1. The van der Waals surface area contributed by atoms with Gasteiger partial charge < -0.3 is 10.6 Å². The minimum absolute atomic E-state index is 0.0491. The number of rotatable bonds is 9. The van der Waals surface area contributed by atoms with Crippen LogP contribution in [0.2, 0.25) is 0 Å². The van der Waals surface area contributed by atoms with Crippen molar-refractivity contribution in [3.63, 3.8) is 0 Å². The van der Waals surface area contributed by atoms with Crippen LogP contribution in [0.4, 0.5) is 5.69 Å². The topological polar surface area (TPSA) is 78.5 Å². The zero-order valence-electron chi connectivity index (χ0n) is 23.8. The van der Waals surface area contributed by atoms with Gasteiger partial charge in [0.05, 0.1) is 22.7 Å². The molecule has 3 aromatic rings. The molecule has 0 radical (unpaired) electrons. The summed E-state index contributed by atoms with van der Waals surface area (Å²) in [5.41, 5.74) is 6.43. The number of carbonyl (C=O) groups excluding carboxylic acids is 1. The van der Waals surface area contributed by atoms with Gasteiger partial charge in [-0.15, -0.1) is 0 Å². The molecule has 5 rings (SSSR count). The summed E-state index contributed by atoms with van der Waals surface area (Å²) in [5, 5.41) is 6.78. The van der Waals surface area contributed by atoms with Crippen LogP contribution >= 0.6 is 0 Å². The van der Waals surface area contributed by atoms with Crippen LogP contribution in [0.25, 0.3) is 0 Å². The van der Waals surface area contributed by atoms with E-state index in [4.69, 9.17) is 0 Å². The Morgan fingerprint density at radius 3 is 2.52 bits per heavy atom. The van der Waals surface area contributed by atoms with Gasteiger partial charge in [-0.25, -0.2) is 8.42 Å². The number of hydrogen-bond acceptors (Lipinski definition) is 4. The number of fused-ring (bicyclic) bond motifs is 2. The Morgan fingerprint density at radius 1 is 0.975 bits per heavy atom. The van der Waals surface area contributed by atoms with Gasteiger partial charge in [0.25, 0.3) is 10.0 Å². The number of hydrogen-bond donors (Lipinski definition) is 2. The quantitative estimate of drug-likeness (QED) is 0.346. The van der Waals surface area contributed by atoms with Gasteiger partial charge in [0.15, 0.2) is 0 Å². The highest BCUT2D eigenvalue weighted by atomic mass is 32.2. The molecular weight excluding hydrogens is 518 g/mol. The third-order valence-electron chi connectivity index (χ3n) is 8.05. The van der Waals surface area contributed by atoms with Gasteiger partial charge >= 0.3 is 0 Å². The van der Waals surface area contributed by atoms with Gasteiger partial charge in [-0.3, -0.25) is 9.10 Å². The zero-order chi connectivity index (χ0) is 28.3. The van der Waals surface area contributed by atoms with Crippen LogP contribution in [0.1, 0.15) is 73.4 Å². The summed E-state index contributed by atoms with van der Waals surface area (Å²) in [6.45, 7) is 8.18. The third kappa shape index (κ3) is 6.26. The summed E-state index contributed by atoms with van der Waals surface area (Å²) in [6.07, 6.45) is 4.40. The number of para-hydroxylation sites is 1. The van der Waals surface area contributed by atoms with Crippen LogP contribution in [0.3, 0.4) is 0 Å². The van der Waals surface area contributed by atoms with Gasteiger partial charge in [0, 0.05) is 13.0 Å². The number of amides is 1. The van der Waals surface area contributed by atoms with Crippen LogP contribution in [-0.2, 0) is 34.2 Å². The Hall–Kier alpha value is -3.16. The van der Waals surface area contributed by atoms with Crippen molar-refractivity contribution in [1.82, 2.24) is 10.6 Å². The normalized spacial score (nSPS) is 18.8. The van der Waals surface area contributed by atoms with Crippen molar-refractivity contribution in [3.05, 3.63) is 94.5 Å². The van der Waals surface area contributed by atoms with E-state index in [-0.39, 0.29) is 23.3 Å². The Bertz CT molecular complexity index is 1450. The third-order valence-corrected chi connectivity index (χ3v) is 9.93. The van der Waals surface area contributed by atoms with Crippen molar-refractivity contribution in [1.29, 1.82) is 0 Å². The van der Waals surface area contributed by atoms with E-state index in [1.54, 1.807) is 12.1 Å². The standard InChI is InChI=1S/C33H41N3O3S/c1-23(2)21-34-22-25-13-18-30-27(19-25)8-6-9-31(30)35-33(37)20-28-15-14-26-7-4-5-10-32(26)36(28)40(38,39)29-16-11-24(3)12-17-29/h4-5,7,10-13,16-19,23,28,31,34H,6,8-9,14-15,20-22H2,1-3H3,(H,35,37)/t28-,31-/m1/s1. The van der Waals surface area contributed by atoms with E-state index in [2.05, 4.69) is 42.7 Å². The summed E-state index contributed by atoms with van der Waals surface area (Å²) in [6, 6.07) is 20.7. The fourth-order valence-corrected chi connectivity index (χ4v) is 7.72. The molecule has 0 unspecified atom stereocenters. The highest BCUT2D eigenvalue weighted by Gasteiger charge is 2.37. The number of sulfonamides is 1. The maximum absolute atomic E-state index is 13.9. The zero-order valence-corrected chi connectivity index (χ0v) is 24.6. The van der Waals surface area contributed by atoms with Crippen LogP contribution in [0, 0.1) is 12.8 Å².